The number of hydrogen-bond acceptors (Lipinski definition) is 4. The lowest BCUT2D eigenvalue weighted by molar-refractivity contribution is -0.138. The molecule has 0 fully saturated rings. The highest BCUT2D eigenvalue weighted by Crippen LogP contribution is 2.27. The van der Waals surface area contributed by atoms with Crippen molar-refractivity contribution in [1.29, 1.82) is 0 Å². The Balaban J connectivity index is 2.56. The van der Waals surface area contributed by atoms with Crippen molar-refractivity contribution in [3.8, 4) is 0 Å². The Labute approximate surface area is 170 Å². The van der Waals surface area contributed by atoms with Gasteiger partial charge in [-0.1, -0.05) is 44.9 Å². The molecule has 0 spiro atoms. The molecular formula is C21H30N2O4. The molecule has 0 aliphatic carbocycles. The largest absolute Gasteiger partial charge is 0.385 e. The number of carbonyl (C=O) groups excluding carboxylic acids is 3. The number of ketones is 1. The number of aliphatic hydroxyl groups is 1. The van der Waals surface area contributed by atoms with E-state index in [0.29, 0.717) is 0 Å². The lowest BCUT2D eigenvalue weighted by Crippen LogP contribution is -2.44. The Bertz CT molecular complexity index is 1040. The van der Waals surface area contributed by atoms with E-state index in [1.54, 1.807) is 0 Å². The number of nitrogens with zero attached hydrogens (tertiary/aromatic N) is 1. The number of likely N-dealkylation sites (N-methyl/N-ethyl adjacent to an activating group) is 1. The fourth-order valence-electron chi connectivity index (χ4n) is 2.74. The molecule has 0 radical (unpaired) electrons. The summed E-state index contributed by atoms with van der Waals surface area (Å²) >= 11 is 0. The van der Waals surface area contributed by atoms with E-state index in [4.69, 9.17) is 9.60 Å². The first-order valence-electron chi connectivity index (χ1n) is 12.2. The summed E-state index contributed by atoms with van der Waals surface area (Å²) < 4.78 is 57.3. The van der Waals surface area contributed by atoms with E-state index in [-0.39, 0.29) is 17.5 Å². The Morgan fingerprint density at radius 2 is 2.04 bits per heavy atom. The number of fused-ring (bicyclic) bond motifs is 1. The van der Waals surface area contributed by atoms with Crippen LogP contribution in [0.3, 0.4) is 0 Å². The number of nitrogens with one attached hydrogen (secondary N) is 1. The molecule has 1 aliphatic heterocycles. The molecule has 1 aliphatic rings. The van der Waals surface area contributed by atoms with Gasteiger partial charge in [0, 0.05) is 26.8 Å². The van der Waals surface area contributed by atoms with Crippen LogP contribution in [0.4, 0.5) is 0 Å². The number of Topliss-reactive ketones (excluding diaryl/α,β-unsaturated/α-hetero) is 1. The highest BCUT2D eigenvalue weighted by Gasteiger charge is 2.34. The van der Waals surface area contributed by atoms with E-state index < -0.39 is 78.1 Å². The zero-order chi connectivity index (χ0) is 26.5. The number of benzene rings is 1. The van der Waals surface area contributed by atoms with Crippen LogP contribution >= 0.6 is 0 Å². The number of carbonyl (C=O) groups is 3. The second kappa shape index (κ2) is 8.65. The van der Waals surface area contributed by atoms with E-state index in [0.717, 1.165) is 11.8 Å². The van der Waals surface area contributed by atoms with E-state index in [1.165, 1.54) is 27.8 Å². The standard InChI is InChI=1S/C21H30N2O4/c1-12(2)19(25)17(24)10-13(3)20(26)22-18-16-9-7-6-8-15(16)11-14(4)23(5)21(18)27/h6-9,12-14,18-19,25H,10-11H2,1-5H3,(H,22,26)/t13-,14?,18+,19+/m1/s1/i6D,7D,8D,9D,13D,14D,19D. The fourth-order valence-corrected chi connectivity index (χ4v) is 2.74. The minimum atomic E-state index is -2.51. The summed E-state index contributed by atoms with van der Waals surface area (Å²) in [6.45, 7) is 5.36. The lowest BCUT2D eigenvalue weighted by atomic mass is 9.94. The third-order valence-electron chi connectivity index (χ3n) is 4.59. The first-order chi connectivity index (χ1) is 15.3. The van der Waals surface area contributed by atoms with Crippen molar-refractivity contribution >= 4 is 17.6 Å². The van der Waals surface area contributed by atoms with E-state index in [2.05, 4.69) is 5.32 Å². The van der Waals surface area contributed by atoms with Gasteiger partial charge in [0.25, 0.3) is 0 Å². The van der Waals surface area contributed by atoms with Crippen LogP contribution < -0.4 is 5.32 Å². The third-order valence-corrected chi connectivity index (χ3v) is 4.59. The average molecular weight is 382 g/mol. The summed E-state index contributed by atoms with van der Waals surface area (Å²) in [5.41, 5.74) is -0.205. The molecule has 0 saturated heterocycles. The maximum Gasteiger partial charge on any atom is 0.249 e. The molecule has 2 N–H and O–H groups in total. The van der Waals surface area contributed by atoms with Crippen molar-refractivity contribution in [2.45, 2.75) is 58.7 Å². The topological polar surface area (TPSA) is 86.7 Å². The number of rotatable bonds is 6. The fraction of sp³-hybridized carbons (Fsp3) is 0.571. The van der Waals surface area contributed by atoms with Crippen molar-refractivity contribution < 1.29 is 29.1 Å². The number of hydrogen-bond donors (Lipinski definition) is 2. The third kappa shape index (κ3) is 4.75. The van der Waals surface area contributed by atoms with Crippen molar-refractivity contribution in [3.63, 3.8) is 0 Å². The van der Waals surface area contributed by atoms with Gasteiger partial charge in [0.15, 0.2) is 5.78 Å². The van der Waals surface area contributed by atoms with Gasteiger partial charge in [-0.2, -0.15) is 0 Å². The maximum atomic E-state index is 13.3. The van der Waals surface area contributed by atoms with Crippen LogP contribution in [-0.4, -0.2) is 46.7 Å². The minimum Gasteiger partial charge on any atom is -0.385 e. The molecule has 0 aromatic heterocycles. The van der Waals surface area contributed by atoms with E-state index >= 15 is 0 Å². The van der Waals surface area contributed by atoms with Crippen LogP contribution in [0.1, 0.15) is 60.9 Å². The lowest BCUT2D eigenvalue weighted by Gasteiger charge is -2.26. The average Bonchev–Trinajstić information content (AvgIpc) is 2.79. The van der Waals surface area contributed by atoms with Crippen LogP contribution in [0, 0.1) is 11.8 Å². The first kappa shape index (κ1) is 13.0. The smallest absolute Gasteiger partial charge is 0.249 e. The molecule has 0 bridgehead atoms. The number of amides is 2. The van der Waals surface area contributed by atoms with Crippen LogP contribution in [0.15, 0.2) is 24.2 Å². The van der Waals surface area contributed by atoms with Crippen LogP contribution in [-0.2, 0) is 20.8 Å². The summed E-state index contributed by atoms with van der Waals surface area (Å²) in [5, 5.41) is 12.4. The van der Waals surface area contributed by atoms with Crippen molar-refractivity contribution in [2.24, 2.45) is 11.8 Å². The SMILES string of the molecule is [2H]c1c([2H])c([2H])c2c(c1[2H])CC([2H])(C)N(C)C(=O)[C@H]2NC(=O)[C@]([2H])(C)CC(=O)[C@@]([2H])(O)C(C)C. The van der Waals surface area contributed by atoms with Gasteiger partial charge < -0.3 is 15.3 Å². The van der Waals surface area contributed by atoms with Crippen LogP contribution in [0.2, 0.25) is 0 Å². The zero-order valence-electron chi connectivity index (χ0n) is 23.2. The molecule has 1 aromatic rings. The monoisotopic (exact) mass is 381 g/mol. The van der Waals surface area contributed by atoms with Gasteiger partial charge in [0.2, 0.25) is 11.8 Å². The highest BCUT2D eigenvalue weighted by molar-refractivity contribution is 5.93. The van der Waals surface area contributed by atoms with Gasteiger partial charge in [-0.3, -0.25) is 14.4 Å². The Morgan fingerprint density at radius 1 is 1.41 bits per heavy atom. The first-order valence-corrected chi connectivity index (χ1v) is 8.70. The van der Waals surface area contributed by atoms with Gasteiger partial charge in [-0.05, 0) is 30.4 Å². The van der Waals surface area contributed by atoms with E-state index in [1.807, 2.05) is 0 Å². The summed E-state index contributed by atoms with van der Waals surface area (Å²) in [5.74, 6) is -5.99. The van der Waals surface area contributed by atoms with Gasteiger partial charge >= 0.3 is 0 Å². The Hall–Kier alpha value is -2.21. The van der Waals surface area contributed by atoms with Crippen LogP contribution in [0.25, 0.3) is 0 Å². The zero-order valence-corrected chi connectivity index (χ0v) is 16.2. The van der Waals surface area contributed by atoms with Crippen molar-refractivity contribution in [1.82, 2.24) is 10.2 Å². The summed E-state index contributed by atoms with van der Waals surface area (Å²) in [6, 6.07) is -5.38. The second-order valence-corrected chi connectivity index (χ2v) is 7.03. The molecule has 1 unspecified atom stereocenters. The predicted molar refractivity (Wildman–Crippen MR) is 103 cm³/mol. The quantitative estimate of drug-likeness (QED) is 0.787. The minimum absolute atomic E-state index is 0.00500. The van der Waals surface area contributed by atoms with Crippen molar-refractivity contribution in [3.05, 3.63) is 35.3 Å². The Morgan fingerprint density at radius 3 is 2.67 bits per heavy atom. The van der Waals surface area contributed by atoms with Gasteiger partial charge in [0.05, 0.1) is 8.22 Å². The van der Waals surface area contributed by atoms with Gasteiger partial charge in [-0.25, -0.2) is 0 Å². The van der Waals surface area contributed by atoms with Gasteiger partial charge in [-0.15, -0.1) is 0 Å². The molecule has 27 heavy (non-hydrogen) atoms. The summed E-state index contributed by atoms with van der Waals surface area (Å²) in [4.78, 5) is 39.7. The van der Waals surface area contributed by atoms with E-state index in [9.17, 15) is 19.5 Å². The Kier molecular flexibility index (Phi) is 4.18. The molecule has 1 heterocycles. The molecule has 2 rings (SSSR count). The van der Waals surface area contributed by atoms with Crippen LogP contribution in [0.5, 0.6) is 0 Å². The molecule has 6 nitrogen and oxygen atoms in total. The molecule has 148 valence electrons. The molecule has 0 saturated carbocycles. The maximum absolute atomic E-state index is 13.3. The molecular weight excluding hydrogens is 344 g/mol. The van der Waals surface area contributed by atoms with Gasteiger partial charge in [0.1, 0.15) is 12.1 Å². The molecule has 4 atom stereocenters. The molecule has 2 amide bonds. The normalized spacial score (nSPS) is 30.8. The molecule has 6 heteroatoms. The predicted octanol–water partition coefficient (Wildman–Crippen LogP) is 1.86. The summed E-state index contributed by atoms with van der Waals surface area (Å²) in [6.07, 6.45) is -3.58. The second-order valence-electron chi connectivity index (χ2n) is 7.03. The van der Waals surface area contributed by atoms with Crippen molar-refractivity contribution in [2.75, 3.05) is 7.05 Å². The highest BCUT2D eigenvalue weighted by atomic mass is 16.3. The summed E-state index contributed by atoms with van der Waals surface area (Å²) in [7, 11) is 1.31. The molecule has 1 aromatic carbocycles.